The molecule has 0 bridgehead atoms. The van der Waals surface area contributed by atoms with Gasteiger partial charge in [-0.2, -0.15) is 0 Å². The van der Waals surface area contributed by atoms with Gasteiger partial charge >= 0.3 is 0 Å². The van der Waals surface area contributed by atoms with Gasteiger partial charge in [-0.05, 0) is 49.3 Å². The number of fused-ring (bicyclic) bond motifs is 1. The number of aromatic nitrogens is 1. The number of nitrogens with zero attached hydrogens (tertiary/aromatic N) is 2. The molecule has 2 aromatic heterocycles. The van der Waals surface area contributed by atoms with Crippen molar-refractivity contribution in [2.75, 3.05) is 19.7 Å². The largest absolute Gasteiger partial charge is 0.375 e. The first-order valence-electron chi connectivity index (χ1n) is 8.99. The summed E-state index contributed by atoms with van der Waals surface area (Å²) in [5.74, 6) is 0.756. The van der Waals surface area contributed by atoms with Crippen LogP contribution in [0.5, 0.6) is 0 Å². The van der Waals surface area contributed by atoms with Crippen LogP contribution < -0.4 is 0 Å². The van der Waals surface area contributed by atoms with Crippen LogP contribution in [-0.4, -0.2) is 35.5 Å². The quantitative estimate of drug-likeness (QED) is 0.816. The zero-order chi connectivity index (χ0) is 17.3. The van der Waals surface area contributed by atoms with Crippen molar-refractivity contribution in [1.29, 1.82) is 0 Å². The molecular formula is C20H24N2O2S. The Labute approximate surface area is 152 Å². The summed E-state index contributed by atoms with van der Waals surface area (Å²) in [6.45, 7) is 4.98. The molecule has 25 heavy (non-hydrogen) atoms. The predicted octanol–water partition coefficient (Wildman–Crippen LogP) is 3.91. The molecule has 5 heteroatoms. The van der Waals surface area contributed by atoms with E-state index < -0.39 is 0 Å². The molecule has 1 saturated heterocycles. The Balaban J connectivity index is 1.40. The fourth-order valence-electron chi connectivity index (χ4n) is 4.40. The summed E-state index contributed by atoms with van der Waals surface area (Å²) in [7, 11) is 0. The Morgan fingerprint density at radius 3 is 3.12 bits per heavy atom. The number of amides is 1. The molecule has 1 aliphatic heterocycles. The normalized spacial score (nSPS) is 25.3. The van der Waals surface area contributed by atoms with Crippen LogP contribution in [0.2, 0.25) is 0 Å². The Morgan fingerprint density at radius 2 is 2.32 bits per heavy atom. The lowest BCUT2D eigenvalue weighted by molar-refractivity contribution is 0.0252. The molecule has 1 aliphatic carbocycles. The third-order valence-electron chi connectivity index (χ3n) is 5.64. The number of likely N-dealkylation sites (tertiary alicyclic amines) is 1. The van der Waals surface area contributed by atoms with Crippen molar-refractivity contribution in [1.82, 2.24) is 9.88 Å². The van der Waals surface area contributed by atoms with Gasteiger partial charge in [-0.25, -0.2) is 0 Å². The van der Waals surface area contributed by atoms with Gasteiger partial charge in [-0.1, -0.05) is 18.6 Å². The third kappa shape index (κ3) is 3.35. The van der Waals surface area contributed by atoms with Gasteiger partial charge in [-0.3, -0.25) is 9.78 Å². The van der Waals surface area contributed by atoms with E-state index in [9.17, 15) is 4.79 Å². The molecule has 0 radical (unpaired) electrons. The van der Waals surface area contributed by atoms with Crippen LogP contribution in [0.4, 0.5) is 0 Å². The molecule has 2 fully saturated rings. The zero-order valence-electron chi connectivity index (χ0n) is 14.6. The number of hydrogen-bond donors (Lipinski definition) is 0. The molecular weight excluding hydrogens is 332 g/mol. The van der Waals surface area contributed by atoms with E-state index in [4.69, 9.17) is 4.74 Å². The standard InChI is InChI=1S/C20H24N2O2S/c1-15-5-2-7-17(21-15)12-24-14-20-9-3-6-16(20)11-22(13-20)19(23)18-8-4-10-25-18/h2,4-5,7-8,10,16H,3,6,9,11-14H2,1H3/t16-,20+/m1/s1. The number of aryl methyl sites for hydroxylation is 1. The molecule has 2 atom stereocenters. The maximum Gasteiger partial charge on any atom is 0.263 e. The number of thiophene rings is 1. The molecule has 2 aliphatic rings. The van der Waals surface area contributed by atoms with E-state index in [0.29, 0.717) is 12.5 Å². The molecule has 1 amide bonds. The lowest BCUT2D eigenvalue weighted by Crippen LogP contribution is -2.34. The van der Waals surface area contributed by atoms with E-state index in [1.54, 1.807) is 0 Å². The lowest BCUT2D eigenvalue weighted by atomic mass is 9.81. The highest BCUT2D eigenvalue weighted by Gasteiger charge is 2.50. The monoisotopic (exact) mass is 356 g/mol. The zero-order valence-corrected chi connectivity index (χ0v) is 15.4. The van der Waals surface area contributed by atoms with Crippen molar-refractivity contribution in [3.05, 3.63) is 52.0 Å². The van der Waals surface area contributed by atoms with Crippen LogP contribution >= 0.6 is 11.3 Å². The number of ether oxygens (including phenoxy) is 1. The fraction of sp³-hybridized carbons (Fsp3) is 0.500. The number of rotatable bonds is 5. The van der Waals surface area contributed by atoms with E-state index in [1.165, 1.54) is 24.2 Å². The molecule has 132 valence electrons. The first kappa shape index (κ1) is 16.7. The minimum Gasteiger partial charge on any atom is -0.375 e. The van der Waals surface area contributed by atoms with Crippen LogP contribution in [0.15, 0.2) is 35.7 Å². The molecule has 0 spiro atoms. The molecule has 2 aromatic rings. The first-order valence-corrected chi connectivity index (χ1v) is 9.87. The van der Waals surface area contributed by atoms with Gasteiger partial charge in [0.2, 0.25) is 0 Å². The molecule has 3 heterocycles. The van der Waals surface area contributed by atoms with Crippen LogP contribution in [0.25, 0.3) is 0 Å². The Morgan fingerprint density at radius 1 is 1.40 bits per heavy atom. The second-order valence-electron chi connectivity index (χ2n) is 7.38. The molecule has 1 saturated carbocycles. The highest BCUT2D eigenvalue weighted by Crippen LogP contribution is 2.49. The van der Waals surface area contributed by atoms with Crippen molar-refractivity contribution in [3.8, 4) is 0 Å². The number of carbonyl (C=O) groups is 1. The second-order valence-corrected chi connectivity index (χ2v) is 8.33. The molecule has 4 rings (SSSR count). The molecule has 4 nitrogen and oxygen atoms in total. The Hall–Kier alpha value is -1.72. The van der Waals surface area contributed by atoms with Crippen molar-refractivity contribution in [3.63, 3.8) is 0 Å². The predicted molar refractivity (Wildman–Crippen MR) is 98.6 cm³/mol. The maximum atomic E-state index is 12.7. The smallest absolute Gasteiger partial charge is 0.263 e. The second kappa shape index (κ2) is 6.89. The molecule has 0 unspecified atom stereocenters. The Kier molecular flexibility index (Phi) is 4.61. The van der Waals surface area contributed by atoms with E-state index in [2.05, 4.69) is 4.98 Å². The van der Waals surface area contributed by atoms with Crippen molar-refractivity contribution in [2.45, 2.75) is 32.8 Å². The molecule has 0 aromatic carbocycles. The Bertz CT molecular complexity index is 746. The topological polar surface area (TPSA) is 42.4 Å². The van der Waals surface area contributed by atoms with Gasteiger partial charge in [-0.15, -0.1) is 11.3 Å². The number of carbonyl (C=O) groups excluding carboxylic acids is 1. The summed E-state index contributed by atoms with van der Waals surface area (Å²) >= 11 is 1.53. The first-order chi connectivity index (χ1) is 12.2. The van der Waals surface area contributed by atoms with Crippen LogP contribution in [0, 0.1) is 18.3 Å². The van der Waals surface area contributed by atoms with Gasteiger partial charge < -0.3 is 9.64 Å². The van der Waals surface area contributed by atoms with Gasteiger partial charge in [0.05, 0.1) is 23.8 Å². The lowest BCUT2D eigenvalue weighted by Gasteiger charge is -2.28. The van der Waals surface area contributed by atoms with Crippen molar-refractivity contribution < 1.29 is 9.53 Å². The SMILES string of the molecule is Cc1cccc(COC[C@@]23CCC[C@@H]2CN(C(=O)c2cccs2)C3)n1. The summed E-state index contributed by atoms with van der Waals surface area (Å²) in [6.07, 6.45) is 3.62. The van der Waals surface area contributed by atoms with Crippen LogP contribution in [0.3, 0.4) is 0 Å². The summed E-state index contributed by atoms with van der Waals surface area (Å²) in [6, 6.07) is 9.91. The van der Waals surface area contributed by atoms with Crippen LogP contribution in [-0.2, 0) is 11.3 Å². The van der Waals surface area contributed by atoms with E-state index >= 15 is 0 Å². The van der Waals surface area contributed by atoms with E-state index in [-0.39, 0.29) is 11.3 Å². The maximum absolute atomic E-state index is 12.7. The van der Waals surface area contributed by atoms with E-state index in [0.717, 1.165) is 42.4 Å². The molecule has 0 N–H and O–H groups in total. The summed E-state index contributed by atoms with van der Waals surface area (Å²) in [4.78, 5) is 20.1. The number of pyridine rings is 1. The van der Waals surface area contributed by atoms with Gasteiger partial charge in [0.1, 0.15) is 0 Å². The number of hydrogen-bond acceptors (Lipinski definition) is 4. The average molecular weight is 356 g/mol. The summed E-state index contributed by atoms with van der Waals surface area (Å²) in [5.41, 5.74) is 2.14. The fourth-order valence-corrected chi connectivity index (χ4v) is 5.09. The van der Waals surface area contributed by atoms with Gasteiger partial charge in [0, 0.05) is 24.2 Å². The minimum atomic E-state index is 0.136. The highest BCUT2D eigenvalue weighted by atomic mass is 32.1. The minimum absolute atomic E-state index is 0.136. The highest BCUT2D eigenvalue weighted by molar-refractivity contribution is 7.12. The third-order valence-corrected chi connectivity index (χ3v) is 6.50. The van der Waals surface area contributed by atoms with Crippen molar-refractivity contribution >= 4 is 17.2 Å². The van der Waals surface area contributed by atoms with Gasteiger partial charge in [0.15, 0.2) is 0 Å². The van der Waals surface area contributed by atoms with Gasteiger partial charge in [0.25, 0.3) is 5.91 Å². The summed E-state index contributed by atoms with van der Waals surface area (Å²) < 4.78 is 6.08. The van der Waals surface area contributed by atoms with Crippen molar-refractivity contribution in [2.24, 2.45) is 11.3 Å². The average Bonchev–Trinajstić information content (AvgIpc) is 3.30. The summed E-state index contributed by atoms with van der Waals surface area (Å²) in [5, 5.41) is 1.97. The van der Waals surface area contributed by atoms with Crippen LogP contribution in [0.1, 0.15) is 40.3 Å². The van der Waals surface area contributed by atoms with E-state index in [1.807, 2.05) is 47.5 Å².